The van der Waals surface area contributed by atoms with E-state index >= 15 is 0 Å². The molecule has 0 spiro atoms. The maximum atomic E-state index is 13.7. The molecule has 1 aliphatic rings. The fraction of sp³-hybridized carbons (Fsp3) is 0.327. The summed E-state index contributed by atoms with van der Waals surface area (Å²) in [6, 6.07) is 46.2. The zero-order valence-corrected chi connectivity index (χ0v) is 39.5. The number of azo groups is 1. The van der Waals surface area contributed by atoms with Crippen molar-refractivity contribution in [2.24, 2.45) is 10.2 Å². The molecule has 2 heterocycles. The molecular formula is C52H57N6O8P. The van der Waals surface area contributed by atoms with E-state index < -0.39 is 49.7 Å². The van der Waals surface area contributed by atoms with E-state index in [0.717, 1.165) is 27.9 Å². The zero-order valence-electron chi connectivity index (χ0n) is 38.6. The van der Waals surface area contributed by atoms with Crippen molar-refractivity contribution in [1.29, 1.82) is 5.26 Å². The van der Waals surface area contributed by atoms with Gasteiger partial charge < -0.3 is 28.2 Å². The SMILES string of the molecule is COc1ccc(C(OC[C@H]2O[C@@H](n3ccc(=O)[nH]c3=O)[C@H](OCc3ccc(N=Nc4ccccc4)cc3)[C@@H]2OP(CCC#N)N(C(C)C)C(C)C)(c2ccccc2)c2ccc(OC)cc2)cc1. The number of methoxy groups -OCH3 is 2. The number of hydrogen-bond donors (Lipinski definition) is 1. The first-order valence-corrected chi connectivity index (χ1v) is 23.7. The second-order valence-corrected chi connectivity index (χ2v) is 18.3. The smallest absolute Gasteiger partial charge is 0.330 e. The van der Waals surface area contributed by atoms with Crippen molar-refractivity contribution in [1.82, 2.24) is 14.2 Å². The maximum absolute atomic E-state index is 13.7. The lowest BCUT2D eigenvalue weighted by molar-refractivity contribution is -0.0986. The van der Waals surface area contributed by atoms with E-state index in [2.05, 4.69) is 53.6 Å². The van der Waals surface area contributed by atoms with E-state index in [9.17, 15) is 14.9 Å². The normalized spacial score (nSPS) is 17.9. The topological polar surface area (TPSA) is 162 Å². The molecule has 0 aliphatic carbocycles. The van der Waals surface area contributed by atoms with Gasteiger partial charge >= 0.3 is 5.69 Å². The lowest BCUT2D eigenvalue weighted by Gasteiger charge is -2.40. The third-order valence-electron chi connectivity index (χ3n) is 11.4. The first-order chi connectivity index (χ1) is 32.5. The number of nitriles is 1. The molecular weight excluding hydrogens is 868 g/mol. The Morgan fingerprint density at radius 3 is 1.84 bits per heavy atom. The number of hydrogen-bond acceptors (Lipinski definition) is 12. The summed E-state index contributed by atoms with van der Waals surface area (Å²) in [5, 5.41) is 18.6. The van der Waals surface area contributed by atoms with Crippen LogP contribution in [0.2, 0.25) is 0 Å². The van der Waals surface area contributed by atoms with Gasteiger partial charge in [-0.1, -0.05) is 84.9 Å². The van der Waals surface area contributed by atoms with Gasteiger partial charge in [-0.05, 0) is 98.5 Å². The minimum atomic E-state index is -1.45. The Labute approximate surface area is 392 Å². The molecule has 1 aromatic heterocycles. The van der Waals surface area contributed by atoms with Gasteiger partial charge in [0.25, 0.3) is 5.56 Å². The molecule has 0 radical (unpaired) electrons. The highest BCUT2D eigenvalue weighted by Crippen LogP contribution is 2.51. The van der Waals surface area contributed by atoms with Gasteiger partial charge in [-0.25, -0.2) is 4.79 Å². The lowest BCUT2D eigenvalue weighted by Crippen LogP contribution is -2.43. The molecule has 5 atom stereocenters. The summed E-state index contributed by atoms with van der Waals surface area (Å²) in [4.78, 5) is 28.5. The zero-order chi connectivity index (χ0) is 47.3. The van der Waals surface area contributed by atoms with Crippen LogP contribution in [-0.4, -0.2) is 71.6 Å². The van der Waals surface area contributed by atoms with Crippen molar-refractivity contribution in [3.05, 3.63) is 189 Å². The van der Waals surface area contributed by atoms with Crippen molar-refractivity contribution in [2.75, 3.05) is 27.0 Å². The summed E-state index contributed by atoms with van der Waals surface area (Å²) in [6.45, 7) is 8.47. The summed E-state index contributed by atoms with van der Waals surface area (Å²) >= 11 is 0. The number of aromatic amines is 1. The number of benzene rings is 5. The van der Waals surface area contributed by atoms with Gasteiger partial charge in [-0.3, -0.25) is 19.0 Å². The van der Waals surface area contributed by atoms with Crippen LogP contribution < -0.4 is 20.7 Å². The fourth-order valence-electron chi connectivity index (χ4n) is 8.36. The molecule has 15 heteroatoms. The van der Waals surface area contributed by atoms with Gasteiger partial charge in [0.05, 0.1) is 44.9 Å². The van der Waals surface area contributed by atoms with E-state index in [-0.39, 0.29) is 31.7 Å². The number of H-pyrrole nitrogens is 1. The molecule has 1 aliphatic heterocycles. The molecule has 67 heavy (non-hydrogen) atoms. The van der Waals surface area contributed by atoms with E-state index in [1.54, 1.807) is 14.2 Å². The average Bonchev–Trinajstić information content (AvgIpc) is 3.68. The molecule has 0 amide bonds. The van der Waals surface area contributed by atoms with Crippen LogP contribution >= 0.6 is 8.30 Å². The van der Waals surface area contributed by atoms with Crippen LogP contribution in [0.4, 0.5) is 11.4 Å². The molecule has 6 aromatic rings. The predicted molar refractivity (Wildman–Crippen MR) is 258 cm³/mol. The van der Waals surface area contributed by atoms with Gasteiger partial charge in [-0.2, -0.15) is 15.5 Å². The quantitative estimate of drug-likeness (QED) is 0.0418. The number of aromatic nitrogens is 2. The lowest BCUT2D eigenvalue weighted by atomic mass is 9.80. The Bertz CT molecular complexity index is 2620. The average molecular weight is 925 g/mol. The summed E-state index contributed by atoms with van der Waals surface area (Å²) < 4.78 is 43.4. The number of nitrogens with zero attached hydrogens (tertiary/aromatic N) is 5. The minimum Gasteiger partial charge on any atom is -0.497 e. The number of ether oxygens (including phenoxy) is 5. The molecule has 348 valence electrons. The number of nitrogens with one attached hydrogen (secondary N) is 1. The van der Waals surface area contributed by atoms with Crippen molar-refractivity contribution in [3.8, 4) is 17.6 Å². The van der Waals surface area contributed by atoms with E-state index in [4.69, 9.17) is 28.2 Å². The Balaban J connectivity index is 1.32. The molecule has 7 rings (SSSR count). The highest BCUT2D eigenvalue weighted by atomic mass is 31.2. The Hall–Kier alpha value is -6.30. The summed E-state index contributed by atoms with van der Waals surface area (Å²) in [7, 11) is 1.80. The van der Waals surface area contributed by atoms with Crippen molar-refractivity contribution >= 4 is 19.7 Å². The van der Waals surface area contributed by atoms with Gasteiger partial charge in [-0.15, -0.1) is 0 Å². The van der Waals surface area contributed by atoms with Crippen LogP contribution in [0.1, 0.15) is 62.6 Å². The molecule has 14 nitrogen and oxygen atoms in total. The Morgan fingerprint density at radius 2 is 1.30 bits per heavy atom. The number of rotatable bonds is 21. The first kappa shape index (κ1) is 48.6. The first-order valence-electron chi connectivity index (χ1n) is 22.3. The maximum Gasteiger partial charge on any atom is 0.330 e. The summed E-state index contributed by atoms with van der Waals surface area (Å²) in [5.41, 5.74) is 2.25. The second-order valence-electron chi connectivity index (χ2n) is 16.5. The van der Waals surface area contributed by atoms with Gasteiger partial charge in [0, 0.05) is 36.9 Å². The van der Waals surface area contributed by atoms with Crippen LogP contribution in [0.15, 0.2) is 166 Å². The van der Waals surface area contributed by atoms with Gasteiger partial charge in [0.1, 0.15) is 43.7 Å². The third-order valence-corrected chi connectivity index (χ3v) is 14.0. The van der Waals surface area contributed by atoms with Crippen LogP contribution in [0.5, 0.6) is 11.5 Å². The summed E-state index contributed by atoms with van der Waals surface area (Å²) in [6.07, 6.45) is -1.59. The minimum absolute atomic E-state index is 0.0576. The van der Waals surface area contributed by atoms with Gasteiger partial charge in [0.2, 0.25) is 0 Å². The van der Waals surface area contributed by atoms with Gasteiger partial charge in [0.15, 0.2) is 6.23 Å². The highest BCUT2D eigenvalue weighted by molar-refractivity contribution is 7.50. The van der Waals surface area contributed by atoms with Crippen molar-refractivity contribution in [3.63, 3.8) is 0 Å². The fourth-order valence-corrected chi connectivity index (χ4v) is 10.7. The largest absolute Gasteiger partial charge is 0.497 e. The van der Waals surface area contributed by atoms with Crippen LogP contribution in [-0.2, 0) is 30.9 Å². The van der Waals surface area contributed by atoms with Crippen molar-refractivity contribution in [2.45, 2.75) is 82.9 Å². The summed E-state index contributed by atoms with van der Waals surface area (Å²) in [5.74, 6) is 1.36. The van der Waals surface area contributed by atoms with Crippen LogP contribution in [0.25, 0.3) is 0 Å². The van der Waals surface area contributed by atoms with E-state index in [0.29, 0.717) is 23.3 Å². The Morgan fingerprint density at radius 1 is 0.746 bits per heavy atom. The highest BCUT2D eigenvalue weighted by Gasteiger charge is 2.51. The van der Waals surface area contributed by atoms with Crippen molar-refractivity contribution < 1.29 is 28.2 Å². The molecule has 1 saturated heterocycles. The molecule has 0 saturated carbocycles. The monoisotopic (exact) mass is 924 g/mol. The molecule has 1 N–H and O–H groups in total. The third kappa shape index (κ3) is 11.6. The standard InChI is InChI=1S/C52H57N6O8P/c1-36(2)58(37(3)4)67(33-13-31-53)66-48-46(35-64-52(39-14-9-7-10-15-39,40-20-26-44(61-5)27-21-40)41-22-28-45(62-6)29-23-41)65-50(57-32-30-47(59)54-51(57)60)49(48)63-34-38-18-24-43(25-19-38)56-55-42-16-11-8-12-17-42/h7-12,14-30,32,36-37,46,48-50H,13,33-35H2,1-6H3,(H,54,59,60)/t46-,48-,49-,50-,67?/m1/s1. The second kappa shape index (κ2) is 22.9. The van der Waals surface area contributed by atoms with E-state index in [1.807, 2.05) is 133 Å². The van der Waals surface area contributed by atoms with Crippen LogP contribution in [0, 0.1) is 11.3 Å². The molecule has 1 fully saturated rings. The molecule has 0 bridgehead atoms. The molecule has 5 aromatic carbocycles. The van der Waals surface area contributed by atoms with Crippen LogP contribution in [0.3, 0.4) is 0 Å². The predicted octanol–water partition coefficient (Wildman–Crippen LogP) is 10.2. The van der Waals surface area contributed by atoms with E-state index in [1.165, 1.54) is 16.8 Å². The Kier molecular flexibility index (Phi) is 16.6. The molecule has 1 unspecified atom stereocenters.